The largest absolute Gasteiger partial charge is 0.496 e. The zero-order chi connectivity index (χ0) is 17.5. The summed E-state index contributed by atoms with van der Waals surface area (Å²) < 4.78 is 11.7. The molecular weight excluding hydrogens is 419 g/mol. The van der Waals surface area contributed by atoms with Crippen molar-refractivity contribution < 1.29 is 14.3 Å². The molecule has 5 nitrogen and oxygen atoms in total. The molecule has 0 bridgehead atoms. The summed E-state index contributed by atoms with van der Waals surface area (Å²) >= 11 is 2.18. The number of benzene rings is 2. The Bertz CT molecular complexity index is 760. The lowest BCUT2D eigenvalue weighted by Gasteiger charge is -2.08. The maximum atomic E-state index is 11.8. The van der Waals surface area contributed by atoms with Crippen LogP contribution < -0.4 is 14.9 Å². The minimum Gasteiger partial charge on any atom is -0.496 e. The molecule has 2 rings (SSSR count). The topological polar surface area (TPSA) is 59.9 Å². The minimum atomic E-state index is -0.311. The number of hydrazone groups is 1. The maximum absolute atomic E-state index is 11.8. The van der Waals surface area contributed by atoms with Crippen molar-refractivity contribution in [2.24, 2.45) is 5.10 Å². The Balaban J connectivity index is 1.85. The van der Waals surface area contributed by atoms with Crippen LogP contribution in [-0.4, -0.2) is 25.8 Å². The van der Waals surface area contributed by atoms with Gasteiger partial charge in [-0.05, 0) is 71.8 Å². The van der Waals surface area contributed by atoms with Crippen molar-refractivity contribution in [1.82, 2.24) is 5.43 Å². The van der Waals surface area contributed by atoms with Crippen LogP contribution in [0.3, 0.4) is 0 Å². The van der Waals surface area contributed by atoms with Crippen LogP contribution in [0, 0.1) is 17.4 Å². The number of methoxy groups -OCH3 is 1. The van der Waals surface area contributed by atoms with Crippen LogP contribution in [0.15, 0.2) is 41.5 Å². The van der Waals surface area contributed by atoms with Gasteiger partial charge in [-0.15, -0.1) is 0 Å². The second-order valence-electron chi connectivity index (χ2n) is 5.24. The first-order chi connectivity index (χ1) is 11.5. The van der Waals surface area contributed by atoms with Gasteiger partial charge in [0.25, 0.3) is 5.91 Å². The third-order valence-electron chi connectivity index (χ3n) is 3.27. The molecule has 0 aliphatic carbocycles. The summed E-state index contributed by atoms with van der Waals surface area (Å²) in [6.07, 6.45) is 1.58. The molecule has 0 saturated heterocycles. The van der Waals surface area contributed by atoms with Gasteiger partial charge in [0.05, 0.1) is 16.9 Å². The van der Waals surface area contributed by atoms with E-state index in [4.69, 9.17) is 9.47 Å². The lowest BCUT2D eigenvalue weighted by molar-refractivity contribution is -0.123. The van der Waals surface area contributed by atoms with E-state index in [9.17, 15) is 4.79 Å². The van der Waals surface area contributed by atoms with Gasteiger partial charge in [-0.2, -0.15) is 5.10 Å². The van der Waals surface area contributed by atoms with E-state index in [1.165, 1.54) is 0 Å². The number of nitrogens with one attached hydrogen (secondary N) is 1. The Kier molecular flexibility index (Phi) is 6.60. The van der Waals surface area contributed by atoms with Gasteiger partial charge in [0.1, 0.15) is 11.5 Å². The van der Waals surface area contributed by atoms with Crippen molar-refractivity contribution in [1.29, 1.82) is 0 Å². The molecule has 1 N–H and O–H groups in total. The van der Waals surface area contributed by atoms with E-state index in [0.29, 0.717) is 5.75 Å². The SMILES string of the molecule is COc1ccc(/C=N\NC(=O)COc2ccc(C)cc2C)cc1I. The summed E-state index contributed by atoms with van der Waals surface area (Å²) in [6.45, 7) is 3.88. The molecule has 0 radical (unpaired) electrons. The number of nitrogens with zero attached hydrogens (tertiary/aromatic N) is 1. The van der Waals surface area contributed by atoms with Gasteiger partial charge in [-0.3, -0.25) is 4.79 Å². The van der Waals surface area contributed by atoms with Crippen LogP contribution in [0.25, 0.3) is 0 Å². The van der Waals surface area contributed by atoms with Gasteiger partial charge < -0.3 is 9.47 Å². The Morgan fingerprint density at radius 2 is 1.96 bits per heavy atom. The van der Waals surface area contributed by atoms with E-state index in [1.807, 2.05) is 50.2 Å². The molecule has 1 amide bonds. The van der Waals surface area contributed by atoms with Crippen molar-refractivity contribution in [3.8, 4) is 11.5 Å². The number of carbonyl (C=O) groups excluding carboxylic acids is 1. The van der Waals surface area contributed by atoms with Gasteiger partial charge >= 0.3 is 0 Å². The van der Waals surface area contributed by atoms with Crippen LogP contribution in [0.4, 0.5) is 0 Å². The van der Waals surface area contributed by atoms with Crippen molar-refractivity contribution in [3.05, 3.63) is 56.7 Å². The first-order valence-corrected chi connectivity index (χ1v) is 8.43. The molecule has 0 fully saturated rings. The molecule has 0 atom stereocenters. The van der Waals surface area contributed by atoms with Crippen molar-refractivity contribution in [3.63, 3.8) is 0 Å². The van der Waals surface area contributed by atoms with Crippen molar-refractivity contribution in [2.45, 2.75) is 13.8 Å². The molecule has 0 aliphatic heterocycles. The summed E-state index contributed by atoms with van der Waals surface area (Å²) in [5.74, 6) is 1.19. The fourth-order valence-electron chi connectivity index (χ4n) is 2.08. The zero-order valence-electron chi connectivity index (χ0n) is 13.8. The summed E-state index contributed by atoms with van der Waals surface area (Å²) in [5.41, 5.74) is 5.48. The Labute approximate surface area is 155 Å². The molecular formula is C18H19IN2O3. The van der Waals surface area contributed by atoms with E-state index in [2.05, 4.69) is 33.1 Å². The van der Waals surface area contributed by atoms with Gasteiger partial charge in [0, 0.05) is 0 Å². The number of hydrogen-bond acceptors (Lipinski definition) is 4. The third kappa shape index (κ3) is 5.23. The molecule has 126 valence electrons. The summed E-state index contributed by atoms with van der Waals surface area (Å²) in [4.78, 5) is 11.8. The fraction of sp³-hybridized carbons (Fsp3) is 0.222. The normalized spacial score (nSPS) is 10.7. The smallest absolute Gasteiger partial charge is 0.277 e. The standard InChI is InChI=1S/C18H19IN2O3/c1-12-4-6-16(13(2)8-12)24-11-18(22)21-20-10-14-5-7-17(23-3)15(19)9-14/h4-10H,11H2,1-3H3,(H,21,22)/b20-10-. The average Bonchev–Trinajstić information content (AvgIpc) is 2.54. The first kappa shape index (κ1) is 18.3. The molecule has 6 heteroatoms. The van der Waals surface area contributed by atoms with E-state index in [-0.39, 0.29) is 12.5 Å². The number of carbonyl (C=O) groups is 1. The highest BCUT2D eigenvalue weighted by Crippen LogP contribution is 2.21. The predicted molar refractivity (Wildman–Crippen MR) is 103 cm³/mol. The first-order valence-electron chi connectivity index (χ1n) is 7.35. The van der Waals surface area contributed by atoms with Crippen molar-refractivity contribution in [2.75, 3.05) is 13.7 Å². The van der Waals surface area contributed by atoms with Crippen LogP contribution in [0.1, 0.15) is 16.7 Å². The molecule has 0 aromatic heterocycles. The lowest BCUT2D eigenvalue weighted by Crippen LogP contribution is -2.24. The Morgan fingerprint density at radius 1 is 1.21 bits per heavy atom. The molecule has 0 spiro atoms. The number of amides is 1. The van der Waals surface area contributed by atoms with Gasteiger partial charge in [0.15, 0.2) is 6.61 Å². The molecule has 2 aromatic carbocycles. The second-order valence-corrected chi connectivity index (χ2v) is 6.41. The quantitative estimate of drug-likeness (QED) is 0.427. The Hall–Kier alpha value is -2.09. The fourth-order valence-corrected chi connectivity index (χ4v) is 2.84. The maximum Gasteiger partial charge on any atom is 0.277 e. The lowest BCUT2D eigenvalue weighted by atomic mass is 10.1. The van der Waals surface area contributed by atoms with Gasteiger partial charge in [-0.25, -0.2) is 5.43 Å². The Morgan fingerprint density at radius 3 is 2.62 bits per heavy atom. The average molecular weight is 438 g/mol. The van der Waals surface area contributed by atoms with E-state index in [1.54, 1.807) is 13.3 Å². The monoisotopic (exact) mass is 438 g/mol. The molecule has 0 saturated carbocycles. The van der Waals surface area contributed by atoms with Gasteiger partial charge in [-0.1, -0.05) is 17.7 Å². The van der Waals surface area contributed by atoms with E-state index < -0.39 is 0 Å². The number of aryl methyl sites for hydroxylation is 2. The van der Waals surface area contributed by atoms with E-state index in [0.717, 1.165) is 26.0 Å². The molecule has 2 aromatic rings. The minimum absolute atomic E-state index is 0.0820. The summed E-state index contributed by atoms with van der Waals surface area (Å²) in [5, 5.41) is 3.94. The van der Waals surface area contributed by atoms with Crippen LogP contribution in [-0.2, 0) is 4.79 Å². The van der Waals surface area contributed by atoms with Crippen LogP contribution in [0.5, 0.6) is 11.5 Å². The van der Waals surface area contributed by atoms with E-state index >= 15 is 0 Å². The number of ether oxygens (including phenoxy) is 2. The predicted octanol–water partition coefficient (Wildman–Crippen LogP) is 3.45. The highest BCUT2D eigenvalue weighted by atomic mass is 127. The van der Waals surface area contributed by atoms with Crippen molar-refractivity contribution >= 4 is 34.7 Å². The summed E-state index contributed by atoms with van der Waals surface area (Å²) in [7, 11) is 1.63. The molecule has 0 aliphatic rings. The molecule has 0 unspecified atom stereocenters. The van der Waals surface area contributed by atoms with Crippen LogP contribution in [0.2, 0.25) is 0 Å². The third-order valence-corrected chi connectivity index (χ3v) is 4.11. The zero-order valence-corrected chi connectivity index (χ0v) is 16.0. The number of hydrogen-bond donors (Lipinski definition) is 1. The number of halogens is 1. The molecule has 24 heavy (non-hydrogen) atoms. The summed E-state index contributed by atoms with van der Waals surface area (Å²) in [6, 6.07) is 11.5. The van der Waals surface area contributed by atoms with Crippen LogP contribution >= 0.6 is 22.6 Å². The van der Waals surface area contributed by atoms with Gasteiger partial charge in [0.2, 0.25) is 0 Å². The second kappa shape index (κ2) is 8.68. The number of rotatable bonds is 6. The highest BCUT2D eigenvalue weighted by molar-refractivity contribution is 14.1. The molecule has 0 heterocycles. The highest BCUT2D eigenvalue weighted by Gasteiger charge is 2.04.